The Morgan fingerprint density at radius 2 is 2.28 bits per heavy atom. The third kappa shape index (κ3) is 2.45. The Labute approximate surface area is 106 Å². The number of nitrogens with zero attached hydrogens (tertiary/aromatic N) is 1. The molecule has 0 saturated carbocycles. The van der Waals surface area contributed by atoms with Gasteiger partial charge in [0, 0.05) is 19.3 Å². The second-order valence-corrected chi connectivity index (χ2v) is 7.12. The monoisotopic (exact) mass is 278 g/mol. The zero-order valence-corrected chi connectivity index (χ0v) is 11.1. The van der Waals surface area contributed by atoms with Crippen LogP contribution in [0.15, 0.2) is 0 Å². The normalized spacial score (nSPS) is 33.6. The van der Waals surface area contributed by atoms with Crippen molar-refractivity contribution in [3.05, 3.63) is 0 Å². The molecule has 2 unspecified atom stereocenters. The van der Waals surface area contributed by atoms with E-state index >= 15 is 0 Å². The van der Waals surface area contributed by atoms with Crippen LogP contribution in [0.25, 0.3) is 0 Å². The van der Waals surface area contributed by atoms with Gasteiger partial charge in [-0.25, -0.2) is 13.2 Å². The highest BCUT2D eigenvalue weighted by molar-refractivity contribution is 7.91. The van der Waals surface area contributed by atoms with Crippen LogP contribution in [0.3, 0.4) is 0 Å². The van der Waals surface area contributed by atoms with Gasteiger partial charge in [0.25, 0.3) is 0 Å². The molecule has 0 aromatic carbocycles. The molecule has 18 heavy (non-hydrogen) atoms. The van der Waals surface area contributed by atoms with Crippen molar-refractivity contribution in [3.8, 4) is 0 Å². The predicted octanol–water partition coefficient (Wildman–Crippen LogP) is -0.858. The molecule has 2 aliphatic heterocycles. The minimum absolute atomic E-state index is 0.127. The van der Waals surface area contributed by atoms with Crippen LogP contribution < -0.4 is 5.32 Å². The van der Waals surface area contributed by atoms with Crippen LogP contribution >= 0.6 is 0 Å². The van der Waals surface area contributed by atoms with Crippen molar-refractivity contribution in [2.24, 2.45) is 0 Å². The third-order valence-electron chi connectivity index (χ3n) is 3.64. The fourth-order valence-corrected chi connectivity index (χ4v) is 4.20. The Bertz CT molecular complexity index is 434. The Kier molecular flexibility index (Phi) is 3.52. The van der Waals surface area contributed by atoms with Gasteiger partial charge in [-0.05, 0) is 13.0 Å². The molecular weight excluding hydrogens is 260 g/mol. The molecule has 0 aliphatic carbocycles. The lowest BCUT2D eigenvalue weighted by Gasteiger charge is -2.48. The van der Waals surface area contributed by atoms with Gasteiger partial charge in [0.15, 0.2) is 9.84 Å². The first-order chi connectivity index (χ1) is 8.35. The van der Waals surface area contributed by atoms with E-state index in [0.29, 0.717) is 26.1 Å². The Morgan fingerprint density at radius 3 is 2.89 bits per heavy atom. The molecule has 2 aliphatic rings. The van der Waals surface area contributed by atoms with Crippen LogP contribution in [0, 0.1) is 0 Å². The van der Waals surface area contributed by atoms with Crippen molar-refractivity contribution >= 4 is 15.9 Å². The molecule has 8 heteroatoms. The van der Waals surface area contributed by atoms with E-state index < -0.39 is 26.8 Å². The number of hydrogen-bond acceptors (Lipinski definition) is 5. The highest BCUT2D eigenvalue weighted by atomic mass is 32.2. The van der Waals surface area contributed by atoms with Gasteiger partial charge in [-0.1, -0.05) is 0 Å². The average Bonchev–Trinajstić information content (AvgIpc) is 2.28. The first-order valence-corrected chi connectivity index (χ1v) is 7.82. The number of sulfone groups is 1. The van der Waals surface area contributed by atoms with Gasteiger partial charge in [-0.15, -0.1) is 0 Å². The third-order valence-corrected chi connectivity index (χ3v) is 5.27. The molecule has 0 aromatic heterocycles. The van der Waals surface area contributed by atoms with Gasteiger partial charge in [0.05, 0.1) is 13.2 Å². The molecule has 1 spiro atoms. The fourth-order valence-electron chi connectivity index (χ4n) is 2.74. The van der Waals surface area contributed by atoms with E-state index in [1.54, 1.807) is 0 Å². The maximum atomic E-state index is 11.9. The summed E-state index contributed by atoms with van der Waals surface area (Å²) in [7, 11) is -3.29. The molecule has 2 heterocycles. The quantitative estimate of drug-likeness (QED) is 0.648. The molecule has 104 valence electrons. The number of hydrogen-bond donors (Lipinski definition) is 2. The minimum Gasteiger partial charge on any atom is -0.465 e. The fraction of sp³-hybridized carbons (Fsp3) is 0.900. The second-order valence-electron chi connectivity index (χ2n) is 4.89. The number of carboxylic acid groups (broad SMARTS) is 1. The van der Waals surface area contributed by atoms with Crippen LogP contribution in [-0.4, -0.2) is 74.4 Å². The minimum atomic E-state index is -3.29. The predicted molar refractivity (Wildman–Crippen MR) is 64.4 cm³/mol. The summed E-state index contributed by atoms with van der Waals surface area (Å²) in [6, 6.07) is 0. The van der Waals surface area contributed by atoms with E-state index in [1.165, 1.54) is 11.2 Å². The molecule has 0 aromatic rings. The molecule has 1 amide bonds. The van der Waals surface area contributed by atoms with Crippen LogP contribution in [0.2, 0.25) is 0 Å². The molecule has 0 radical (unpaired) electrons. The number of ether oxygens (including phenoxy) is 1. The summed E-state index contributed by atoms with van der Waals surface area (Å²) in [6.07, 6.45) is 0.660. The number of amides is 1. The zero-order valence-electron chi connectivity index (χ0n) is 10.3. The molecule has 2 fully saturated rings. The summed E-state index contributed by atoms with van der Waals surface area (Å²) in [5.74, 6) is 0. The molecule has 2 rings (SSSR count). The molecule has 2 N–H and O–H groups in total. The summed E-state index contributed by atoms with van der Waals surface area (Å²) in [5.41, 5.74) is -0.893. The lowest BCUT2D eigenvalue weighted by atomic mass is 9.90. The first kappa shape index (κ1) is 13.6. The van der Waals surface area contributed by atoms with Gasteiger partial charge in [-0.3, -0.25) is 0 Å². The molecular formula is C10H18N2O5S. The number of piperidine rings is 1. The van der Waals surface area contributed by atoms with Gasteiger partial charge in [0.2, 0.25) is 0 Å². The summed E-state index contributed by atoms with van der Waals surface area (Å²) in [5, 5.41) is 11.4. The Morgan fingerprint density at radius 1 is 1.56 bits per heavy atom. The average molecular weight is 278 g/mol. The molecule has 0 bridgehead atoms. The van der Waals surface area contributed by atoms with Crippen molar-refractivity contribution < 1.29 is 23.1 Å². The Hall–Kier alpha value is -0.860. The van der Waals surface area contributed by atoms with E-state index in [-0.39, 0.29) is 13.2 Å². The number of rotatable bonds is 1. The molecule has 2 atom stereocenters. The number of carbonyl (C=O) groups is 1. The lowest BCUT2D eigenvalue weighted by molar-refractivity contribution is -0.113. The Balaban J connectivity index is 2.28. The van der Waals surface area contributed by atoms with Crippen LogP contribution in [0.5, 0.6) is 0 Å². The van der Waals surface area contributed by atoms with Gasteiger partial charge in [-0.2, -0.15) is 0 Å². The van der Waals surface area contributed by atoms with Crippen LogP contribution in [0.1, 0.15) is 6.42 Å². The summed E-state index contributed by atoms with van der Waals surface area (Å²) >= 11 is 0. The van der Waals surface area contributed by atoms with Crippen molar-refractivity contribution in [3.63, 3.8) is 0 Å². The maximum absolute atomic E-state index is 11.9. The summed E-state index contributed by atoms with van der Waals surface area (Å²) in [6.45, 7) is 1.62. The van der Waals surface area contributed by atoms with Crippen molar-refractivity contribution in [2.45, 2.75) is 17.3 Å². The highest BCUT2D eigenvalue weighted by Crippen LogP contribution is 2.31. The van der Waals surface area contributed by atoms with Gasteiger partial charge < -0.3 is 20.1 Å². The highest BCUT2D eigenvalue weighted by Gasteiger charge is 2.50. The van der Waals surface area contributed by atoms with Crippen molar-refractivity contribution in [1.82, 2.24) is 10.2 Å². The SMILES string of the molecule is CS(=O)(=O)C1CNCCC12CN(C(=O)O)CCO2. The topological polar surface area (TPSA) is 95.9 Å². The van der Waals surface area contributed by atoms with Crippen molar-refractivity contribution in [1.29, 1.82) is 0 Å². The lowest BCUT2D eigenvalue weighted by Crippen LogP contribution is -2.66. The van der Waals surface area contributed by atoms with E-state index in [9.17, 15) is 13.2 Å². The maximum Gasteiger partial charge on any atom is 0.407 e. The summed E-state index contributed by atoms with van der Waals surface area (Å²) in [4.78, 5) is 12.3. The standard InChI is InChI=1S/C10H18N2O5S/c1-18(15,16)8-6-11-3-2-10(8)7-12(9(13)14)4-5-17-10/h8,11H,2-7H2,1H3,(H,13,14). The second kappa shape index (κ2) is 4.67. The summed E-state index contributed by atoms with van der Waals surface area (Å²) < 4.78 is 29.4. The number of morpholine rings is 1. The van der Waals surface area contributed by atoms with Gasteiger partial charge >= 0.3 is 6.09 Å². The largest absolute Gasteiger partial charge is 0.465 e. The van der Waals surface area contributed by atoms with Crippen molar-refractivity contribution in [2.75, 3.05) is 39.0 Å². The van der Waals surface area contributed by atoms with Crippen LogP contribution in [-0.2, 0) is 14.6 Å². The zero-order chi connectivity index (χ0) is 13.4. The van der Waals surface area contributed by atoms with E-state index in [2.05, 4.69) is 5.32 Å². The van der Waals surface area contributed by atoms with E-state index in [0.717, 1.165) is 0 Å². The van der Waals surface area contributed by atoms with Gasteiger partial charge in [0.1, 0.15) is 10.9 Å². The van der Waals surface area contributed by atoms with Crippen LogP contribution in [0.4, 0.5) is 4.79 Å². The van der Waals surface area contributed by atoms with E-state index in [4.69, 9.17) is 9.84 Å². The molecule has 7 nitrogen and oxygen atoms in total. The molecule has 2 saturated heterocycles. The smallest absolute Gasteiger partial charge is 0.407 e. The van der Waals surface area contributed by atoms with E-state index in [1.807, 2.05) is 0 Å². The number of nitrogens with one attached hydrogen (secondary N) is 1. The first-order valence-electron chi connectivity index (χ1n) is 5.87.